The van der Waals surface area contributed by atoms with Gasteiger partial charge in [-0.1, -0.05) is 49.6 Å². The first kappa shape index (κ1) is 24.7. The molecule has 2 aliphatic rings. The van der Waals surface area contributed by atoms with Gasteiger partial charge in [-0.2, -0.15) is 0 Å². The number of nitrogens with one attached hydrogen (secondary N) is 1. The topological polar surface area (TPSA) is 61.9 Å². The molecule has 1 aromatic carbocycles. The van der Waals surface area contributed by atoms with Gasteiger partial charge in [0.15, 0.2) is 0 Å². The number of amides is 3. The molecule has 2 heterocycles. The minimum absolute atomic E-state index is 0.00650. The van der Waals surface area contributed by atoms with E-state index in [1.165, 1.54) is 16.9 Å². The van der Waals surface area contributed by atoms with E-state index in [0.717, 1.165) is 50.7 Å². The van der Waals surface area contributed by atoms with E-state index in [-0.39, 0.29) is 30.6 Å². The summed E-state index contributed by atoms with van der Waals surface area (Å²) in [5.41, 5.74) is 2.28. The third-order valence-electron chi connectivity index (χ3n) is 6.87. The van der Waals surface area contributed by atoms with Crippen LogP contribution in [0.1, 0.15) is 60.9 Å². The predicted molar refractivity (Wildman–Crippen MR) is 136 cm³/mol. The molecule has 6 nitrogen and oxygen atoms in total. The van der Waals surface area contributed by atoms with E-state index in [2.05, 4.69) is 23.7 Å². The number of carbonyl (C=O) groups is 2. The average Bonchev–Trinajstić information content (AvgIpc) is 3.51. The van der Waals surface area contributed by atoms with Gasteiger partial charge in [0.2, 0.25) is 5.91 Å². The van der Waals surface area contributed by atoms with Gasteiger partial charge < -0.3 is 19.9 Å². The first-order valence-corrected chi connectivity index (χ1v) is 13.5. The van der Waals surface area contributed by atoms with Crippen LogP contribution in [0.5, 0.6) is 0 Å². The van der Waals surface area contributed by atoms with E-state index in [9.17, 15) is 9.59 Å². The number of benzene rings is 1. The molecule has 184 valence electrons. The molecule has 1 N–H and O–H groups in total. The normalized spacial score (nSPS) is 18.6. The second-order valence-electron chi connectivity index (χ2n) is 9.56. The molecule has 2 aromatic rings. The van der Waals surface area contributed by atoms with E-state index in [0.29, 0.717) is 19.6 Å². The summed E-state index contributed by atoms with van der Waals surface area (Å²) in [5, 5.41) is 5.27. The Hall–Kier alpha value is -2.38. The Kier molecular flexibility index (Phi) is 8.99. The highest BCUT2D eigenvalue weighted by atomic mass is 32.1. The zero-order chi connectivity index (χ0) is 23.8. The summed E-state index contributed by atoms with van der Waals surface area (Å²) in [6.45, 7) is 4.41. The number of nitrogens with zero attached hydrogens (tertiary/aromatic N) is 2. The number of urea groups is 1. The number of rotatable bonds is 9. The molecule has 0 radical (unpaired) electrons. The highest BCUT2D eigenvalue weighted by Crippen LogP contribution is 2.21. The fraction of sp³-hybridized carbons (Fsp3) is 0.556. The summed E-state index contributed by atoms with van der Waals surface area (Å²) in [6, 6.07) is 12.2. The van der Waals surface area contributed by atoms with Crippen LogP contribution in [0.4, 0.5) is 4.79 Å². The number of thiophene rings is 1. The monoisotopic (exact) mass is 483 g/mol. The third kappa shape index (κ3) is 7.06. The molecule has 3 amide bonds. The Balaban J connectivity index is 1.47. The Labute approximate surface area is 207 Å². The third-order valence-corrected chi connectivity index (χ3v) is 7.87. The number of hydrogen-bond acceptors (Lipinski definition) is 4. The van der Waals surface area contributed by atoms with Crippen LogP contribution < -0.4 is 5.32 Å². The van der Waals surface area contributed by atoms with Crippen LogP contribution in [0.25, 0.3) is 0 Å². The van der Waals surface area contributed by atoms with Gasteiger partial charge in [0, 0.05) is 30.6 Å². The zero-order valence-electron chi connectivity index (χ0n) is 20.2. The van der Waals surface area contributed by atoms with Gasteiger partial charge in [0.25, 0.3) is 0 Å². The molecule has 1 atom stereocenters. The van der Waals surface area contributed by atoms with Crippen LogP contribution >= 0.6 is 11.3 Å². The first-order valence-electron chi connectivity index (χ1n) is 12.6. The Morgan fingerprint density at radius 1 is 1.00 bits per heavy atom. The van der Waals surface area contributed by atoms with Crippen molar-refractivity contribution in [3.05, 3.63) is 57.8 Å². The van der Waals surface area contributed by atoms with Gasteiger partial charge in [-0.15, -0.1) is 11.3 Å². The Morgan fingerprint density at radius 2 is 1.79 bits per heavy atom. The lowest BCUT2D eigenvalue weighted by Gasteiger charge is -2.31. The maximum atomic E-state index is 13.6. The van der Waals surface area contributed by atoms with Gasteiger partial charge in [0.05, 0.1) is 12.6 Å². The fourth-order valence-corrected chi connectivity index (χ4v) is 5.73. The number of carbonyl (C=O) groups excluding carboxylic acids is 2. The van der Waals surface area contributed by atoms with Crippen LogP contribution in [0, 0.1) is 6.92 Å². The number of hydrogen-bond donors (Lipinski definition) is 1. The molecule has 34 heavy (non-hydrogen) atoms. The lowest BCUT2D eigenvalue weighted by molar-refractivity contribution is -0.133. The summed E-state index contributed by atoms with van der Waals surface area (Å²) < 4.78 is 5.82. The summed E-state index contributed by atoms with van der Waals surface area (Å²) in [7, 11) is 0. The maximum Gasteiger partial charge on any atom is 0.318 e. The smallest absolute Gasteiger partial charge is 0.318 e. The van der Waals surface area contributed by atoms with Gasteiger partial charge in [-0.05, 0) is 55.2 Å². The molecular weight excluding hydrogens is 446 g/mol. The Morgan fingerprint density at radius 3 is 2.47 bits per heavy atom. The zero-order valence-corrected chi connectivity index (χ0v) is 21.0. The molecule has 1 saturated carbocycles. The number of ether oxygens (including phenoxy) is 1. The molecule has 1 saturated heterocycles. The molecule has 7 heteroatoms. The van der Waals surface area contributed by atoms with Crippen molar-refractivity contribution in [3.8, 4) is 0 Å². The van der Waals surface area contributed by atoms with Crippen LogP contribution in [0.3, 0.4) is 0 Å². The molecule has 2 fully saturated rings. The van der Waals surface area contributed by atoms with Gasteiger partial charge in [-0.3, -0.25) is 4.79 Å². The summed E-state index contributed by atoms with van der Waals surface area (Å²) in [4.78, 5) is 31.7. The van der Waals surface area contributed by atoms with Gasteiger partial charge in [0.1, 0.15) is 6.54 Å². The molecule has 1 aliphatic heterocycles. The van der Waals surface area contributed by atoms with E-state index in [1.807, 2.05) is 35.2 Å². The van der Waals surface area contributed by atoms with Crippen LogP contribution in [0.15, 0.2) is 41.8 Å². The van der Waals surface area contributed by atoms with Crippen molar-refractivity contribution in [3.63, 3.8) is 0 Å². The van der Waals surface area contributed by atoms with E-state index < -0.39 is 0 Å². The van der Waals surface area contributed by atoms with E-state index in [4.69, 9.17) is 4.74 Å². The van der Waals surface area contributed by atoms with Crippen LogP contribution in [0.2, 0.25) is 0 Å². The van der Waals surface area contributed by atoms with Gasteiger partial charge >= 0.3 is 6.03 Å². The predicted octanol–water partition coefficient (Wildman–Crippen LogP) is 5.11. The minimum atomic E-state index is -0.136. The van der Waals surface area contributed by atoms with E-state index in [1.54, 1.807) is 16.2 Å². The van der Waals surface area contributed by atoms with Crippen LogP contribution in [-0.2, 0) is 22.6 Å². The van der Waals surface area contributed by atoms with E-state index >= 15 is 0 Å². The highest BCUT2D eigenvalue weighted by Gasteiger charge is 2.28. The molecule has 1 aliphatic carbocycles. The lowest BCUT2D eigenvalue weighted by Crippen LogP contribution is -2.51. The first-order chi connectivity index (χ1) is 16.6. The standard InChI is InChI=1S/C27H37N3O3S/c1-21-14-16-34-25(21)19-29(17-22-9-4-2-5-10-22)26(31)20-30(18-24-13-8-15-33-24)27(32)28-23-11-6-3-7-12-23/h2,4-5,9-10,14,16,23-24H,3,6-8,11-13,15,17-20H2,1H3,(H,28,32). The van der Waals surface area contributed by atoms with Crippen molar-refractivity contribution in [1.29, 1.82) is 0 Å². The summed E-state index contributed by atoms with van der Waals surface area (Å²) in [6.07, 6.45) is 7.53. The second kappa shape index (κ2) is 12.4. The second-order valence-corrected chi connectivity index (χ2v) is 10.6. The fourth-order valence-electron chi connectivity index (χ4n) is 4.80. The number of aryl methyl sites for hydroxylation is 1. The molecule has 4 rings (SSSR count). The van der Waals surface area contributed by atoms with Gasteiger partial charge in [-0.25, -0.2) is 4.79 Å². The lowest BCUT2D eigenvalue weighted by atomic mass is 9.96. The SMILES string of the molecule is Cc1ccsc1CN(Cc1ccccc1)C(=O)CN(CC1CCCO1)C(=O)NC1CCCCC1. The average molecular weight is 484 g/mol. The van der Waals surface area contributed by atoms with Crippen molar-refractivity contribution < 1.29 is 14.3 Å². The maximum absolute atomic E-state index is 13.6. The van der Waals surface area contributed by atoms with Crippen LogP contribution in [-0.4, -0.2) is 53.6 Å². The molecule has 0 spiro atoms. The van der Waals surface area contributed by atoms with Crippen molar-refractivity contribution in [2.45, 2.75) is 77.1 Å². The molecule has 1 aromatic heterocycles. The molecule has 1 unspecified atom stereocenters. The van der Waals surface area contributed by atoms with Crippen molar-refractivity contribution in [2.24, 2.45) is 0 Å². The highest BCUT2D eigenvalue weighted by molar-refractivity contribution is 7.10. The minimum Gasteiger partial charge on any atom is -0.376 e. The quantitative estimate of drug-likeness (QED) is 0.539. The summed E-state index contributed by atoms with van der Waals surface area (Å²) >= 11 is 1.67. The molecule has 0 bridgehead atoms. The summed E-state index contributed by atoms with van der Waals surface area (Å²) in [5.74, 6) is -0.0338. The largest absolute Gasteiger partial charge is 0.376 e. The van der Waals surface area contributed by atoms with Crippen molar-refractivity contribution >= 4 is 23.3 Å². The Bertz CT molecular complexity index is 920. The van der Waals surface area contributed by atoms with Crippen molar-refractivity contribution in [2.75, 3.05) is 19.7 Å². The molecular formula is C27H37N3O3S. The van der Waals surface area contributed by atoms with Crippen molar-refractivity contribution in [1.82, 2.24) is 15.1 Å².